The number of anilines is 1. The Morgan fingerprint density at radius 2 is 1.85 bits per heavy atom. The van der Waals surface area contributed by atoms with Gasteiger partial charge >= 0.3 is 0 Å². The Balaban J connectivity index is 1.31. The molecule has 0 atom stereocenters. The molecule has 1 saturated carbocycles. The van der Waals surface area contributed by atoms with Crippen LogP contribution in [0, 0.1) is 5.82 Å². The summed E-state index contributed by atoms with van der Waals surface area (Å²) in [5.41, 5.74) is 1.54. The van der Waals surface area contributed by atoms with Gasteiger partial charge in [0.2, 0.25) is 5.88 Å². The van der Waals surface area contributed by atoms with E-state index in [-0.39, 0.29) is 23.9 Å². The van der Waals surface area contributed by atoms with E-state index in [1.54, 1.807) is 30.5 Å². The second-order valence-electron chi connectivity index (χ2n) is 7.27. The number of carbonyl (C=O) groups is 1. The molecule has 1 amide bonds. The number of piperidine rings is 1. The molecule has 2 heterocycles. The fourth-order valence-electron chi connectivity index (χ4n) is 3.46. The van der Waals surface area contributed by atoms with Gasteiger partial charge in [-0.1, -0.05) is 0 Å². The van der Waals surface area contributed by atoms with Crippen molar-refractivity contribution in [1.82, 2.24) is 9.88 Å². The van der Waals surface area contributed by atoms with Crippen molar-refractivity contribution in [3.05, 3.63) is 54.0 Å². The maximum absolute atomic E-state index is 13.0. The molecule has 1 aliphatic heterocycles. The number of nitrogens with one attached hydrogen (secondary N) is 1. The molecule has 5 nitrogen and oxygen atoms in total. The molecule has 0 radical (unpaired) electrons. The number of hydrogen-bond donors (Lipinski definition) is 1. The molecule has 2 fully saturated rings. The Labute approximate surface area is 158 Å². The maximum atomic E-state index is 13.0. The average Bonchev–Trinajstić information content (AvgIpc) is 2.67. The van der Waals surface area contributed by atoms with Crippen LogP contribution in [-0.4, -0.2) is 41.0 Å². The van der Waals surface area contributed by atoms with Gasteiger partial charge in [0, 0.05) is 42.6 Å². The van der Waals surface area contributed by atoms with Gasteiger partial charge in [-0.25, -0.2) is 9.37 Å². The van der Waals surface area contributed by atoms with Crippen LogP contribution in [0.15, 0.2) is 42.6 Å². The zero-order valence-corrected chi connectivity index (χ0v) is 15.2. The summed E-state index contributed by atoms with van der Waals surface area (Å²) < 4.78 is 18.8. The van der Waals surface area contributed by atoms with Gasteiger partial charge in [-0.15, -0.1) is 0 Å². The first-order valence-corrected chi connectivity index (χ1v) is 9.61. The van der Waals surface area contributed by atoms with E-state index in [9.17, 15) is 9.18 Å². The predicted molar refractivity (Wildman–Crippen MR) is 101 cm³/mol. The highest BCUT2D eigenvalue weighted by molar-refractivity contribution is 5.94. The van der Waals surface area contributed by atoms with E-state index in [1.165, 1.54) is 18.6 Å². The SMILES string of the molecule is O=C(c1ccnc(OC2CCC2)c1)N1CCC(Nc2ccc(F)cc2)CC1. The van der Waals surface area contributed by atoms with Crippen molar-refractivity contribution in [2.75, 3.05) is 18.4 Å². The number of hydrogen-bond acceptors (Lipinski definition) is 4. The van der Waals surface area contributed by atoms with E-state index < -0.39 is 0 Å². The smallest absolute Gasteiger partial charge is 0.254 e. The largest absolute Gasteiger partial charge is 0.474 e. The summed E-state index contributed by atoms with van der Waals surface area (Å²) in [6.07, 6.45) is 6.94. The lowest BCUT2D eigenvalue weighted by Gasteiger charge is -2.33. The number of benzene rings is 1. The van der Waals surface area contributed by atoms with Crippen LogP contribution in [0.3, 0.4) is 0 Å². The van der Waals surface area contributed by atoms with Crippen LogP contribution in [0.2, 0.25) is 0 Å². The average molecular weight is 369 g/mol. The van der Waals surface area contributed by atoms with Gasteiger partial charge in [-0.3, -0.25) is 4.79 Å². The third kappa shape index (κ3) is 4.38. The zero-order chi connectivity index (χ0) is 18.6. The molecule has 2 aromatic rings. The van der Waals surface area contributed by atoms with E-state index in [4.69, 9.17) is 4.74 Å². The van der Waals surface area contributed by atoms with Crippen molar-refractivity contribution in [2.24, 2.45) is 0 Å². The Hall–Kier alpha value is -2.63. The number of pyridine rings is 1. The second-order valence-corrected chi connectivity index (χ2v) is 7.27. The molecular formula is C21H24FN3O2. The predicted octanol–water partition coefficient (Wildman–Crippen LogP) is 3.87. The second kappa shape index (κ2) is 7.94. The summed E-state index contributed by atoms with van der Waals surface area (Å²) in [6.45, 7) is 1.39. The molecule has 1 saturated heterocycles. The minimum absolute atomic E-state index is 0.0242. The highest BCUT2D eigenvalue weighted by Crippen LogP contribution is 2.25. The monoisotopic (exact) mass is 369 g/mol. The fourth-order valence-corrected chi connectivity index (χ4v) is 3.46. The molecule has 1 N–H and O–H groups in total. The molecule has 1 aromatic heterocycles. The summed E-state index contributed by atoms with van der Waals surface area (Å²) in [5, 5.41) is 3.42. The highest BCUT2D eigenvalue weighted by Gasteiger charge is 2.25. The maximum Gasteiger partial charge on any atom is 0.254 e. The Kier molecular flexibility index (Phi) is 5.23. The zero-order valence-electron chi connectivity index (χ0n) is 15.2. The third-order valence-electron chi connectivity index (χ3n) is 5.32. The molecule has 27 heavy (non-hydrogen) atoms. The van der Waals surface area contributed by atoms with Gasteiger partial charge in [-0.2, -0.15) is 0 Å². The van der Waals surface area contributed by atoms with E-state index in [1.807, 2.05) is 4.90 Å². The van der Waals surface area contributed by atoms with Gasteiger partial charge in [0.1, 0.15) is 11.9 Å². The van der Waals surface area contributed by atoms with Crippen molar-refractivity contribution >= 4 is 11.6 Å². The van der Waals surface area contributed by atoms with E-state index in [0.29, 0.717) is 24.5 Å². The quantitative estimate of drug-likeness (QED) is 0.869. The van der Waals surface area contributed by atoms with Crippen LogP contribution in [-0.2, 0) is 0 Å². The number of aromatic nitrogens is 1. The van der Waals surface area contributed by atoms with Crippen LogP contribution in [0.1, 0.15) is 42.5 Å². The number of likely N-dealkylation sites (tertiary alicyclic amines) is 1. The number of amides is 1. The molecule has 1 aliphatic carbocycles. The number of nitrogens with zero attached hydrogens (tertiary/aromatic N) is 2. The molecule has 0 bridgehead atoms. The number of rotatable bonds is 5. The van der Waals surface area contributed by atoms with Gasteiger partial charge in [0.25, 0.3) is 5.91 Å². The van der Waals surface area contributed by atoms with Gasteiger partial charge in [-0.05, 0) is 62.4 Å². The minimum atomic E-state index is -0.237. The summed E-state index contributed by atoms with van der Waals surface area (Å²) in [6, 6.07) is 10.2. The first-order valence-electron chi connectivity index (χ1n) is 9.61. The first kappa shape index (κ1) is 17.8. The van der Waals surface area contributed by atoms with Gasteiger partial charge in [0.05, 0.1) is 0 Å². The third-order valence-corrected chi connectivity index (χ3v) is 5.32. The normalized spacial score (nSPS) is 18.0. The van der Waals surface area contributed by atoms with Gasteiger partial charge < -0.3 is 15.0 Å². The summed E-state index contributed by atoms with van der Waals surface area (Å²) in [5.74, 6) is 0.327. The fraction of sp³-hybridized carbons (Fsp3) is 0.429. The molecule has 1 aromatic carbocycles. The molecule has 0 spiro atoms. The van der Waals surface area contributed by atoms with Crippen molar-refractivity contribution in [3.8, 4) is 5.88 Å². The number of halogens is 1. The summed E-state index contributed by atoms with van der Waals surface area (Å²) >= 11 is 0. The van der Waals surface area contributed by atoms with Crippen molar-refractivity contribution in [1.29, 1.82) is 0 Å². The molecule has 2 aliphatic rings. The van der Waals surface area contributed by atoms with Crippen molar-refractivity contribution in [2.45, 2.75) is 44.2 Å². The summed E-state index contributed by atoms with van der Waals surface area (Å²) in [4.78, 5) is 18.9. The van der Waals surface area contributed by atoms with Gasteiger partial charge in [0.15, 0.2) is 0 Å². The molecule has 0 unspecified atom stereocenters. The minimum Gasteiger partial charge on any atom is -0.474 e. The molecule has 4 rings (SSSR count). The lowest BCUT2D eigenvalue weighted by molar-refractivity contribution is 0.0715. The van der Waals surface area contributed by atoms with Crippen LogP contribution >= 0.6 is 0 Å². The van der Waals surface area contributed by atoms with E-state index >= 15 is 0 Å². The van der Waals surface area contributed by atoms with Crippen LogP contribution < -0.4 is 10.1 Å². The molecule has 6 heteroatoms. The number of ether oxygens (including phenoxy) is 1. The molecule has 142 valence electrons. The Bertz CT molecular complexity index is 784. The summed E-state index contributed by atoms with van der Waals surface area (Å²) in [7, 11) is 0. The highest BCUT2D eigenvalue weighted by atomic mass is 19.1. The standard InChI is InChI=1S/C21H24FN3O2/c22-16-4-6-17(7-5-16)24-18-9-12-25(13-10-18)21(26)15-8-11-23-20(14-15)27-19-2-1-3-19/h4-8,11,14,18-19,24H,1-3,9-10,12-13H2. The van der Waals surface area contributed by atoms with Crippen molar-refractivity contribution < 1.29 is 13.9 Å². The van der Waals surface area contributed by atoms with Crippen LogP contribution in [0.4, 0.5) is 10.1 Å². The lowest BCUT2D eigenvalue weighted by atomic mass is 9.96. The molecular weight excluding hydrogens is 345 g/mol. The van der Waals surface area contributed by atoms with Crippen molar-refractivity contribution in [3.63, 3.8) is 0 Å². The Morgan fingerprint density at radius 1 is 1.11 bits per heavy atom. The van der Waals surface area contributed by atoms with Crippen LogP contribution in [0.25, 0.3) is 0 Å². The number of carbonyl (C=O) groups excluding carboxylic acids is 1. The van der Waals surface area contributed by atoms with E-state index in [2.05, 4.69) is 10.3 Å². The first-order chi connectivity index (χ1) is 13.2. The topological polar surface area (TPSA) is 54.5 Å². The van der Waals surface area contributed by atoms with Crippen LogP contribution in [0.5, 0.6) is 5.88 Å². The van der Waals surface area contributed by atoms with E-state index in [0.717, 1.165) is 31.4 Å². The Morgan fingerprint density at radius 3 is 2.52 bits per heavy atom. The lowest BCUT2D eigenvalue weighted by Crippen LogP contribution is -2.42.